The van der Waals surface area contributed by atoms with Crippen molar-refractivity contribution in [2.24, 2.45) is 0 Å². The van der Waals surface area contributed by atoms with Crippen molar-refractivity contribution < 1.29 is 17.9 Å². The van der Waals surface area contributed by atoms with Crippen LogP contribution in [-0.4, -0.2) is 45.7 Å². The van der Waals surface area contributed by atoms with Gasteiger partial charge >= 0.3 is 6.09 Å². The van der Waals surface area contributed by atoms with Gasteiger partial charge in [0.25, 0.3) is 0 Å². The van der Waals surface area contributed by atoms with E-state index in [4.69, 9.17) is 4.74 Å². The third-order valence-electron chi connectivity index (χ3n) is 3.77. The highest BCUT2D eigenvalue weighted by Gasteiger charge is 2.21. The Balaban J connectivity index is 1.87. The molecule has 0 aromatic heterocycles. The highest BCUT2D eigenvalue weighted by Crippen LogP contribution is 2.23. The topological polar surface area (TPSA) is 75.7 Å². The lowest BCUT2D eigenvalue weighted by atomic mass is 9.87. The zero-order chi connectivity index (χ0) is 17.1. The number of sulfonamides is 1. The number of nitrogens with zero attached hydrogens (tertiary/aromatic N) is 1. The van der Waals surface area contributed by atoms with Crippen LogP contribution in [0, 0.1) is 0 Å². The van der Waals surface area contributed by atoms with E-state index >= 15 is 0 Å². The van der Waals surface area contributed by atoms with Gasteiger partial charge in [-0.05, 0) is 29.5 Å². The van der Waals surface area contributed by atoms with Crippen molar-refractivity contribution in [1.29, 1.82) is 0 Å². The molecule has 0 bridgehead atoms. The molecule has 23 heavy (non-hydrogen) atoms. The van der Waals surface area contributed by atoms with Gasteiger partial charge in [0.05, 0.1) is 11.4 Å². The van der Waals surface area contributed by atoms with Crippen LogP contribution in [0.5, 0.6) is 0 Å². The van der Waals surface area contributed by atoms with Gasteiger partial charge in [-0.3, -0.25) is 0 Å². The first-order valence-electron chi connectivity index (χ1n) is 7.72. The number of nitrogens with one attached hydrogen (secondary N) is 1. The van der Waals surface area contributed by atoms with Crippen LogP contribution in [0.3, 0.4) is 0 Å². The van der Waals surface area contributed by atoms with E-state index in [1.54, 1.807) is 17.0 Å². The first-order chi connectivity index (χ1) is 10.7. The van der Waals surface area contributed by atoms with E-state index in [9.17, 15) is 13.2 Å². The van der Waals surface area contributed by atoms with E-state index in [1.807, 2.05) is 12.1 Å². The quantitative estimate of drug-likeness (QED) is 0.805. The number of carbonyl (C=O) groups excluding carboxylic acids is 1. The minimum atomic E-state index is -3.52. The molecule has 1 aromatic carbocycles. The Morgan fingerprint density at radius 1 is 1.22 bits per heavy atom. The lowest BCUT2D eigenvalue weighted by molar-refractivity contribution is 0.158. The Morgan fingerprint density at radius 3 is 2.39 bits per heavy atom. The van der Waals surface area contributed by atoms with Crippen molar-refractivity contribution in [3.05, 3.63) is 29.8 Å². The predicted molar refractivity (Wildman–Crippen MR) is 87.9 cm³/mol. The first-order valence-corrected chi connectivity index (χ1v) is 9.20. The van der Waals surface area contributed by atoms with E-state index in [0.29, 0.717) is 26.1 Å². The summed E-state index contributed by atoms with van der Waals surface area (Å²) < 4.78 is 31.9. The van der Waals surface area contributed by atoms with Gasteiger partial charge in [0.15, 0.2) is 0 Å². The van der Waals surface area contributed by atoms with E-state index in [-0.39, 0.29) is 22.9 Å². The molecule has 1 aromatic rings. The average molecular weight is 340 g/mol. The third kappa shape index (κ3) is 4.68. The molecule has 1 amide bonds. The lowest BCUT2D eigenvalue weighted by Gasteiger charge is -2.19. The smallest absolute Gasteiger partial charge is 0.409 e. The Morgan fingerprint density at radius 2 is 1.87 bits per heavy atom. The summed E-state index contributed by atoms with van der Waals surface area (Å²) in [5.41, 5.74) is 1.07. The van der Waals surface area contributed by atoms with Crippen LogP contribution < -0.4 is 4.72 Å². The van der Waals surface area contributed by atoms with Gasteiger partial charge in [-0.1, -0.05) is 32.9 Å². The molecule has 0 saturated carbocycles. The number of cyclic esters (lactones) is 1. The standard InChI is InChI=1S/C16H24N2O4S/c1-16(2,3)13-5-7-14(8-6-13)23(20,21)17-9-4-10-18-11-12-22-15(18)19/h5-8,17H,4,9-12H2,1-3H3. The maximum atomic E-state index is 12.2. The summed E-state index contributed by atoms with van der Waals surface area (Å²) in [7, 11) is -3.52. The molecule has 1 N–H and O–H groups in total. The highest BCUT2D eigenvalue weighted by molar-refractivity contribution is 7.89. The summed E-state index contributed by atoms with van der Waals surface area (Å²) in [5, 5.41) is 0. The third-order valence-corrected chi connectivity index (χ3v) is 5.25. The molecule has 1 fully saturated rings. The van der Waals surface area contributed by atoms with Crippen LogP contribution in [0.1, 0.15) is 32.8 Å². The largest absolute Gasteiger partial charge is 0.448 e. The highest BCUT2D eigenvalue weighted by atomic mass is 32.2. The zero-order valence-electron chi connectivity index (χ0n) is 13.8. The maximum Gasteiger partial charge on any atom is 0.409 e. The fourth-order valence-corrected chi connectivity index (χ4v) is 3.40. The molecule has 1 saturated heterocycles. The van der Waals surface area contributed by atoms with Crippen molar-refractivity contribution in [3.8, 4) is 0 Å². The molecule has 0 spiro atoms. The number of carbonyl (C=O) groups is 1. The number of rotatable bonds is 6. The second-order valence-corrected chi connectivity index (χ2v) is 8.39. The van der Waals surface area contributed by atoms with Crippen molar-refractivity contribution in [2.45, 2.75) is 37.5 Å². The zero-order valence-corrected chi connectivity index (χ0v) is 14.6. The summed E-state index contributed by atoms with van der Waals surface area (Å²) >= 11 is 0. The van der Waals surface area contributed by atoms with Crippen LogP contribution in [0.4, 0.5) is 4.79 Å². The molecule has 0 radical (unpaired) electrons. The number of benzene rings is 1. The number of amides is 1. The molecular formula is C16H24N2O4S. The molecule has 0 aliphatic carbocycles. The normalized spacial score (nSPS) is 15.8. The summed E-state index contributed by atoms with van der Waals surface area (Å²) in [4.78, 5) is 13.1. The summed E-state index contributed by atoms with van der Waals surface area (Å²) in [6, 6.07) is 6.94. The molecule has 7 heteroatoms. The minimum Gasteiger partial charge on any atom is -0.448 e. The summed E-state index contributed by atoms with van der Waals surface area (Å²) in [6.07, 6.45) is 0.222. The van der Waals surface area contributed by atoms with E-state index < -0.39 is 10.0 Å². The molecule has 1 heterocycles. The van der Waals surface area contributed by atoms with Crippen LogP contribution in [-0.2, 0) is 20.2 Å². The van der Waals surface area contributed by atoms with Crippen LogP contribution in [0.25, 0.3) is 0 Å². The van der Waals surface area contributed by atoms with Gasteiger partial charge in [0.2, 0.25) is 10.0 Å². The Labute approximate surface area is 137 Å². The second kappa shape index (κ2) is 6.88. The van der Waals surface area contributed by atoms with Crippen LogP contribution in [0.15, 0.2) is 29.2 Å². The van der Waals surface area contributed by atoms with Crippen molar-refractivity contribution in [1.82, 2.24) is 9.62 Å². The molecule has 1 aliphatic rings. The second-order valence-electron chi connectivity index (χ2n) is 6.63. The minimum absolute atomic E-state index is 0.0138. The van der Waals surface area contributed by atoms with Crippen molar-refractivity contribution >= 4 is 16.1 Å². The van der Waals surface area contributed by atoms with Crippen molar-refractivity contribution in [3.63, 3.8) is 0 Å². The fraction of sp³-hybridized carbons (Fsp3) is 0.562. The maximum absolute atomic E-state index is 12.2. The number of hydrogen-bond donors (Lipinski definition) is 1. The molecule has 128 valence electrons. The fourth-order valence-electron chi connectivity index (χ4n) is 2.32. The first kappa shape index (κ1) is 17.7. The van der Waals surface area contributed by atoms with Crippen LogP contribution in [0.2, 0.25) is 0 Å². The summed E-state index contributed by atoms with van der Waals surface area (Å²) in [5.74, 6) is 0. The summed E-state index contributed by atoms with van der Waals surface area (Å²) in [6.45, 7) is 8.00. The molecule has 6 nitrogen and oxygen atoms in total. The monoisotopic (exact) mass is 340 g/mol. The van der Waals surface area contributed by atoms with Gasteiger partial charge in [-0.25, -0.2) is 17.9 Å². The van der Waals surface area contributed by atoms with Gasteiger partial charge in [0, 0.05) is 13.1 Å². The van der Waals surface area contributed by atoms with E-state index in [1.165, 1.54) is 0 Å². The molecule has 1 aliphatic heterocycles. The average Bonchev–Trinajstić information content (AvgIpc) is 2.88. The van der Waals surface area contributed by atoms with Crippen LogP contribution >= 0.6 is 0 Å². The molecule has 2 rings (SSSR count). The lowest BCUT2D eigenvalue weighted by Crippen LogP contribution is -2.30. The van der Waals surface area contributed by atoms with E-state index in [2.05, 4.69) is 25.5 Å². The van der Waals surface area contributed by atoms with Gasteiger partial charge in [0.1, 0.15) is 6.61 Å². The Kier molecular flexibility index (Phi) is 5.31. The van der Waals surface area contributed by atoms with Gasteiger partial charge in [-0.15, -0.1) is 0 Å². The molecule has 0 unspecified atom stereocenters. The van der Waals surface area contributed by atoms with Crippen molar-refractivity contribution in [2.75, 3.05) is 26.2 Å². The predicted octanol–water partition coefficient (Wildman–Crippen LogP) is 2.10. The molecular weight excluding hydrogens is 316 g/mol. The van der Waals surface area contributed by atoms with Gasteiger partial charge < -0.3 is 9.64 Å². The Hall–Kier alpha value is -1.60. The number of hydrogen-bond acceptors (Lipinski definition) is 4. The SMILES string of the molecule is CC(C)(C)c1ccc(S(=O)(=O)NCCCN2CCOC2=O)cc1. The number of ether oxygens (including phenoxy) is 1. The molecule has 0 atom stereocenters. The Bertz CT molecular complexity index is 648. The van der Waals surface area contributed by atoms with Gasteiger partial charge in [-0.2, -0.15) is 0 Å². The van der Waals surface area contributed by atoms with E-state index in [0.717, 1.165) is 5.56 Å².